The number of hydrogen-bond donors (Lipinski definition) is 2. The second kappa shape index (κ2) is 8.46. The van der Waals surface area contributed by atoms with Crippen LogP contribution in [0.4, 0.5) is 11.8 Å². The summed E-state index contributed by atoms with van der Waals surface area (Å²) in [7, 11) is 0. The smallest absolute Gasteiger partial charge is 0.227 e. The molecular weight excluding hydrogens is 440 g/mol. The molecule has 0 radical (unpaired) electrons. The van der Waals surface area contributed by atoms with Crippen molar-refractivity contribution in [2.24, 2.45) is 5.92 Å². The predicted molar refractivity (Wildman–Crippen MR) is 129 cm³/mol. The minimum absolute atomic E-state index is 0.0169. The Morgan fingerprint density at radius 3 is 2.85 bits per heavy atom. The monoisotopic (exact) mass is 468 g/mol. The van der Waals surface area contributed by atoms with Gasteiger partial charge >= 0.3 is 0 Å². The zero-order valence-corrected chi connectivity index (χ0v) is 19.9. The third-order valence-electron chi connectivity index (χ3n) is 6.52. The zero-order valence-electron chi connectivity index (χ0n) is 19.1. The van der Waals surface area contributed by atoms with Crippen molar-refractivity contribution < 1.29 is 4.79 Å². The molecule has 0 aromatic carbocycles. The van der Waals surface area contributed by atoms with Gasteiger partial charge in [-0.3, -0.25) is 4.79 Å². The lowest BCUT2D eigenvalue weighted by Gasteiger charge is -2.41. The summed E-state index contributed by atoms with van der Waals surface area (Å²) in [5.74, 6) is 1.27. The van der Waals surface area contributed by atoms with Gasteiger partial charge in [-0.1, -0.05) is 17.7 Å². The van der Waals surface area contributed by atoms with E-state index in [2.05, 4.69) is 32.4 Å². The number of imidazole rings is 1. The number of aromatic nitrogens is 4. The van der Waals surface area contributed by atoms with Crippen molar-refractivity contribution in [1.29, 1.82) is 0 Å². The number of pyridine rings is 1. The highest BCUT2D eigenvalue weighted by Gasteiger charge is 2.38. The maximum absolute atomic E-state index is 13.0. The van der Waals surface area contributed by atoms with Crippen molar-refractivity contribution in [3.63, 3.8) is 0 Å². The second-order valence-electron chi connectivity index (χ2n) is 9.38. The van der Waals surface area contributed by atoms with Gasteiger partial charge in [-0.05, 0) is 32.9 Å². The summed E-state index contributed by atoms with van der Waals surface area (Å²) in [4.78, 5) is 30.9. The molecule has 0 aliphatic carbocycles. The van der Waals surface area contributed by atoms with Gasteiger partial charge in [0.2, 0.25) is 11.9 Å². The summed E-state index contributed by atoms with van der Waals surface area (Å²) in [5, 5.41) is 7.09. The standard InChI is InChI=1S/C23H29ClN8O/c1-15-10-25-7-9-31(15)22-27-11-17(24)20(28-22)30-13-16(14-30)21(33)29-23(2,3)18-12-26-19-6-4-5-8-32(18)19/h4-6,8,11-12,15-16,25H,7,9-10,13-14H2,1-3H3,(H,29,33). The van der Waals surface area contributed by atoms with E-state index in [9.17, 15) is 4.79 Å². The fourth-order valence-corrected chi connectivity index (χ4v) is 4.74. The summed E-state index contributed by atoms with van der Waals surface area (Å²) in [6.07, 6.45) is 5.45. The normalized spacial score (nSPS) is 19.6. The van der Waals surface area contributed by atoms with E-state index < -0.39 is 5.54 Å². The average Bonchev–Trinajstić information content (AvgIpc) is 3.19. The molecule has 9 nitrogen and oxygen atoms in total. The maximum atomic E-state index is 13.0. The molecule has 10 heteroatoms. The van der Waals surface area contributed by atoms with E-state index in [1.165, 1.54) is 0 Å². The quantitative estimate of drug-likeness (QED) is 0.592. The Labute approximate surface area is 198 Å². The highest BCUT2D eigenvalue weighted by molar-refractivity contribution is 6.32. The zero-order chi connectivity index (χ0) is 23.2. The molecule has 0 saturated carbocycles. The van der Waals surface area contributed by atoms with Crippen molar-refractivity contribution in [3.8, 4) is 0 Å². The lowest BCUT2D eigenvalue weighted by atomic mass is 9.95. The lowest BCUT2D eigenvalue weighted by molar-refractivity contribution is -0.127. The Kier molecular flexibility index (Phi) is 5.62. The highest BCUT2D eigenvalue weighted by Crippen LogP contribution is 2.32. The van der Waals surface area contributed by atoms with Crippen molar-refractivity contribution in [2.45, 2.75) is 32.4 Å². The van der Waals surface area contributed by atoms with Crippen molar-refractivity contribution in [2.75, 3.05) is 42.5 Å². The summed E-state index contributed by atoms with van der Waals surface area (Å²) in [6.45, 7) is 9.95. The number of fused-ring (bicyclic) bond motifs is 1. The molecule has 2 fully saturated rings. The van der Waals surface area contributed by atoms with E-state index >= 15 is 0 Å². The summed E-state index contributed by atoms with van der Waals surface area (Å²) >= 11 is 6.43. The predicted octanol–water partition coefficient (Wildman–Crippen LogP) is 2.06. The SMILES string of the molecule is CC1CNCCN1c1ncc(Cl)c(N2CC(C(=O)NC(C)(C)c3cnc4ccccn34)C2)n1. The average molecular weight is 469 g/mol. The van der Waals surface area contributed by atoms with Crippen molar-refractivity contribution in [3.05, 3.63) is 47.5 Å². The molecule has 2 N–H and O–H groups in total. The molecule has 5 heterocycles. The van der Waals surface area contributed by atoms with Gasteiger partial charge in [-0.15, -0.1) is 0 Å². The van der Waals surface area contributed by atoms with E-state index in [0.717, 1.165) is 31.0 Å². The largest absolute Gasteiger partial charge is 0.353 e. The van der Waals surface area contributed by atoms with Gasteiger partial charge in [0.15, 0.2) is 5.82 Å². The molecule has 1 atom stereocenters. The number of carbonyl (C=O) groups excluding carboxylic acids is 1. The van der Waals surface area contributed by atoms with Crippen molar-refractivity contribution in [1.82, 2.24) is 30.0 Å². The van der Waals surface area contributed by atoms with Gasteiger partial charge in [0.05, 0.1) is 29.5 Å². The number of rotatable bonds is 5. The van der Waals surface area contributed by atoms with E-state index in [1.54, 1.807) is 6.20 Å². The molecule has 1 unspecified atom stereocenters. The molecule has 5 rings (SSSR count). The number of nitrogens with zero attached hydrogens (tertiary/aromatic N) is 6. The Balaban J connectivity index is 1.26. The number of halogens is 1. The van der Waals surface area contributed by atoms with E-state index in [0.29, 0.717) is 35.9 Å². The molecule has 3 aromatic heterocycles. The number of carbonyl (C=O) groups is 1. The van der Waals surface area contributed by atoms with Crippen LogP contribution in [0.2, 0.25) is 5.02 Å². The Morgan fingerprint density at radius 1 is 1.24 bits per heavy atom. The number of nitrogens with one attached hydrogen (secondary N) is 2. The molecule has 0 spiro atoms. The maximum Gasteiger partial charge on any atom is 0.227 e. The van der Waals surface area contributed by atoms with E-state index in [-0.39, 0.29) is 11.8 Å². The first kappa shape index (κ1) is 21.9. The molecule has 0 bridgehead atoms. The van der Waals surface area contributed by atoms with E-state index in [1.807, 2.05) is 53.7 Å². The first-order chi connectivity index (χ1) is 15.8. The van der Waals surface area contributed by atoms with Gasteiger partial charge < -0.3 is 24.8 Å². The molecule has 2 aliphatic heterocycles. The van der Waals surface area contributed by atoms with Crippen molar-refractivity contribution >= 4 is 34.9 Å². The first-order valence-corrected chi connectivity index (χ1v) is 11.7. The third kappa shape index (κ3) is 4.11. The van der Waals surface area contributed by atoms with Crippen LogP contribution in [0.15, 0.2) is 36.8 Å². The van der Waals surface area contributed by atoms with Gasteiger partial charge in [-0.2, -0.15) is 4.98 Å². The molecule has 2 aliphatic rings. The third-order valence-corrected chi connectivity index (χ3v) is 6.78. The summed E-state index contributed by atoms with van der Waals surface area (Å²) in [5.41, 5.74) is 1.24. The highest BCUT2D eigenvalue weighted by atomic mass is 35.5. The molecule has 2 saturated heterocycles. The Bertz CT molecular complexity index is 1170. The minimum atomic E-state index is -0.559. The number of hydrogen-bond acceptors (Lipinski definition) is 7. The minimum Gasteiger partial charge on any atom is -0.353 e. The van der Waals surface area contributed by atoms with Gasteiger partial charge in [0.25, 0.3) is 0 Å². The van der Waals surface area contributed by atoms with Crippen LogP contribution in [0.1, 0.15) is 26.5 Å². The second-order valence-corrected chi connectivity index (χ2v) is 9.78. The van der Waals surface area contributed by atoms with Crippen LogP contribution in [0.5, 0.6) is 0 Å². The molecule has 174 valence electrons. The fourth-order valence-electron chi connectivity index (χ4n) is 4.53. The van der Waals surface area contributed by atoms with Gasteiger partial charge in [0, 0.05) is 45.0 Å². The number of amides is 1. The van der Waals surface area contributed by atoms with Crippen LogP contribution in [-0.2, 0) is 10.3 Å². The van der Waals surface area contributed by atoms with E-state index in [4.69, 9.17) is 16.6 Å². The molecule has 3 aromatic rings. The lowest BCUT2D eigenvalue weighted by Crippen LogP contribution is -2.57. The van der Waals surface area contributed by atoms with Crippen LogP contribution in [0.3, 0.4) is 0 Å². The fraction of sp³-hybridized carbons (Fsp3) is 0.478. The van der Waals surface area contributed by atoms with Crippen LogP contribution >= 0.6 is 11.6 Å². The molecular formula is C23H29ClN8O. The summed E-state index contributed by atoms with van der Waals surface area (Å²) < 4.78 is 2.01. The topological polar surface area (TPSA) is 90.7 Å². The Morgan fingerprint density at radius 2 is 2.06 bits per heavy atom. The Hall–Kier alpha value is -2.91. The number of piperazine rings is 1. The molecule has 33 heavy (non-hydrogen) atoms. The summed E-state index contributed by atoms with van der Waals surface area (Å²) in [6, 6.07) is 6.17. The number of anilines is 2. The van der Waals surface area contributed by atoms with Crippen LogP contribution in [-0.4, -0.2) is 64.0 Å². The van der Waals surface area contributed by atoms with Gasteiger partial charge in [-0.25, -0.2) is 9.97 Å². The molecule has 1 amide bonds. The van der Waals surface area contributed by atoms with Gasteiger partial charge in [0.1, 0.15) is 10.7 Å². The van der Waals surface area contributed by atoms with Crippen LogP contribution in [0, 0.1) is 5.92 Å². The van der Waals surface area contributed by atoms with Crippen LogP contribution in [0.25, 0.3) is 5.65 Å². The van der Waals surface area contributed by atoms with Crippen LogP contribution < -0.4 is 20.4 Å². The first-order valence-electron chi connectivity index (χ1n) is 11.3.